The molecule has 3 heterocycles. The molecule has 0 amide bonds. The van der Waals surface area contributed by atoms with Crippen LogP contribution in [-0.2, 0) is 27.2 Å². The second-order valence-electron chi connectivity index (χ2n) is 11.2. The number of thiophene rings is 1. The zero-order valence-corrected chi connectivity index (χ0v) is 28.7. The molecule has 47 heavy (non-hydrogen) atoms. The Morgan fingerprint density at radius 1 is 1.00 bits per heavy atom. The zero-order valence-electron chi connectivity index (χ0n) is 26.4. The molecule has 2 aromatic carbocycles. The average molecular weight is 699 g/mol. The Hall–Kier alpha value is -3.67. The largest absolute Gasteiger partial charge is 0.493 e. The number of carbonyl (C=O) groups excluding carboxylic acids is 2. The maximum absolute atomic E-state index is 13.5. The van der Waals surface area contributed by atoms with Gasteiger partial charge in [-0.3, -0.25) is 10.3 Å². The number of likely N-dealkylation sites (tertiary alicyclic amines) is 1. The van der Waals surface area contributed by atoms with E-state index in [-0.39, 0.29) is 18.4 Å². The number of pyridine rings is 1. The van der Waals surface area contributed by atoms with E-state index >= 15 is 0 Å². The van der Waals surface area contributed by atoms with Crippen LogP contribution >= 0.6 is 34.5 Å². The summed E-state index contributed by atoms with van der Waals surface area (Å²) in [4.78, 5) is 34.3. The third-order valence-corrected chi connectivity index (χ3v) is 9.89. The first-order valence-electron chi connectivity index (χ1n) is 15.2. The molecule has 0 bridgehead atoms. The quantitative estimate of drug-likeness (QED) is 0.139. The fourth-order valence-corrected chi connectivity index (χ4v) is 6.87. The maximum atomic E-state index is 13.5. The highest BCUT2D eigenvalue weighted by atomic mass is 35.5. The molecule has 0 aliphatic carbocycles. The number of nitrogens with zero attached hydrogens (tertiary/aromatic N) is 2. The van der Waals surface area contributed by atoms with Crippen LogP contribution in [0.2, 0.25) is 10.0 Å². The molecule has 4 aromatic rings. The molecule has 1 saturated heterocycles. The number of hydrogen-bond acceptors (Lipinski definition) is 10. The molecular formula is C35H37Cl2N3O6S. The van der Waals surface area contributed by atoms with E-state index in [0.29, 0.717) is 50.7 Å². The molecule has 2 aromatic heterocycles. The molecule has 1 N–H and O–H groups in total. The molecule has 248 valence electrons. The number of likely N-dealkylation sites (N-methyl/N-ethyl adjacent to an activating group) is 1. The van der Waals surface area contributed by atoms with Crippen LogP contribution in [0.3, 0.4) is 0 Å². The van der Waals surface area contributed by atoms with Crippen molar-refractivity contribution in [2.75, 3.05) is 34.4 Å². The Labute approximate surface area is 288 Å². The van der Waals surface area contributed by atoms with Crippen LogP contribution in [0.15, 0.2) is 73.1 Å². The molecule has 1 aliphatic rings. The van der Waals surface area contributed by atoms with Gasteiger partial charge < -0.3 is 23.8 Å². The minimum Gasteiger partial charge on any atom is -0.493 e. The summed E-state index contributed by atoms with van der Waals surface area (Å²) in [6.45, 7) is 1.70. The van der Waals surface area contributed by atoms with Crippen molar-refractivity contribution in [2.24, 2.45) is 0 Å². The lowest BCUT2D eigenvalue weighted by Gasteiger charge is -2.22. The average Bonchev–Trinajstić information content (AvgIpc) is 3.74. The molecule has 3 atom stereocenters. The van der Waals surface area contributed by atoms with Gasteiger partial charge in [0.2, 0.25) is 0 Å². The van der Waals surface area contributed by atoms with Gasteiger partial charge in [-0.1, -0.05) is 59.6 Å². The molecular weight excluding hydrogens is 661 g/mol. The lowest BCUT2D eigenvalue weighted by Crippen LogP contribution is -2.34. The summed E-state index contributed by atoms with van der Waals surface area (Å²) in [6, 6.07) is 17.9. The minimum atomic E-state index is -0.750. The van der Waals surface area contributed by atoms with E-state index in [0.717, 1.165) is 29.8 Å². The number of aromatic nitrogens is 1. The molecule has 1 aliphatic heterocycles. The third kappa shape index (κ3) is 8.82. The molecule has 12 heteroatoms. The first kappa shape index (κ1) is 34.7. The summed E-state index contributed by atoms with van der Waals surface area (Å²) in [5.74, 6) is 0.186. The SMILES string of the molecule is COc1ccc([C@H](Cc2c(Cl)cncc2Cl)OC(=O)c2ccc(CNC(C(=O)OC[C@H]3CCCN3C)c3ccccc3)s2)cc1OC. The standard InChI is InChI=1S/C35H37Cl2N3O6S/c1-40-15-7-10-24(40)21-45-35(42)33(22-8-5-4-6-9-22)39-18-25-12-14-32(47-25)34(41)46-30(17-26-27(36)19-38-20-28(26)37)23-11-13-29(43-2)31(16-23)44-3/h4-6,8-9,11-14,16,19-20,24,30,33,39H,7,10,15,17-18,21H2,1-3H3/t24-,30+,33?/m1/s1. The van der Waals surface area contributed by atoms with Crippen LogP contribution in [0.1, 0.15) is 56.2 Å². The van der Waals surface area contributed by atoms with Crippen molar-refractivity contribution in [3.8, 4) is 11.5 Å². The first-order valence-corrected chi connectivity index (χ1v) is 16.8. The molecule has 0 spiro atoms. The Kier molecular flexibility index (Phi) is 12.1. The number of benzene rings is 2. The fraction of sp³-hybridized carbons (Fsp3) is 0.343. The summed E-state index contributed by atoms with van der Waals surface area (Å²) in [5.41, 5.74) is 2.08. The van der Waals surface area contributed by atoms with E-state index in [2.05, 4.69) is 22.2 Å². The normalized spacial score (nSPS) is 16.0. The second kappa shape index (κ2) is 16.4. The van der Waals surface area contributed by atoms with E-state index in [1.54, 1.807) is 31.4 Å². The highest BCUT2D eigenvalue weighted by Crippen LogP contribution is 2.36. The van der Waals surface area contributed by atoms with Crippen LogP contribution in [0, 0.1) is 0 Å². The van der Waals surface area contributed by atoms with Gasteiger partial charge in [-0.05, 0) is 67.4 Å². The predicted molar refractivity (Wildman–Crippen MR) is 183 cm³/mol. The molecule has 0 radical (unpaired) electrons. The Bertz CT molecular complexity index is 1650. The highest BCUT2D eigenvalue weighted by molar-refractivity contribution is 7.13. The van der Waals surface area contributed by atoms with E-state index in [4.69, 9.17) is 42.1 Å². The second-order valence-corrected chi connectivity index (χ2v) is 13.2. The van der Waals surface area contributed by atoms with E-state index in [1.807, 2.05) is 36.4 Å². The van der Waals surface area contributed by atoms with Crippen molar-refractivity contribution in [3.05, 3.63) is 110 Å². The lowest BCUT2D eigenvalue weighted by molar-refractivity contribution is -0.147. The highest BCUT2D eigenvalue weighted by Gasteiger charge is 2.27. The number of hydrogen-bond donors (Lipinski definition) is 1. The van der Waals surface area contributed by atoms with E-state index in [9.17, 15) is 9.59 Å². The molecule has 0 saturated carbocycles. The fourth-order valence-electron chi connectivity index (χ4n) is 5.51. The Morgan fingerprint density at radius 2 is 1.74 bits per heavy atom. The number of carbonyl (C=O) groups is 2. The summed E-state index contributed by atoms with van der Waals surface area (Å²) >= 11 is 14.2. The van der Waals surface area contributed by atoms with Gasteiger partial charge in [0.05, 0.1) is 24.3 Å². The van der Waals surface area contributed by atoms with E-state index in [1.165, 1.54) is 30.8 Å². The number of halogens is 2. The Morgan fingerprint density at radius 3 is 2.43 bits per heavy atom. The van der Waals surface area contributed by atoms with Crippen LogP contribution in [0.4, 0.5) is 0 Å². The zero-order chi connectivity index (χ0) is 33.3. The lowest BCUT2D eigenvalue weighted by atomic mass is 10.0. The van der Waals surface area contributed by atoms with Gasteiger partial charge in [0, 0.05) is 36.3 Å². The third-order valence-electron chi connectivity index (χ3n) is 8.17. The van der Waals surface area contributed by atoms with Crippen molar-refractivity contribution in [3.63, 3.8) is 0 Å². The molecule has 1 unspecified atom stereocenters. The molecule has 9 nitrogen and oxygen atoms in total. The van der Waals surface area contributed by atoms with Crippen molar-refractivity contribution < 1.29 is 28.5 Å². The van der Waals surface area contributed by atoms with Gasteiger partial charge >= 0.3 is 11.9 Å². The van der Waals surface area contributed by atoms with Gasteiger partial charge in [-0.25, -0.2) is 9.59 Å². The predicted octanol–water partition coefficient (Wildman–Crippen LogP) is 7.08. The number of esters is 2. The van der Waals surface area contributed by atoms with Crippen molar-refractivity contribution in [2.45, 2.75) is 44.0 Å². The van der Waals surface area contributed by atoms with Crippen molar-refractivity contribution >= 4 is 46.5 Å². The minimum absolute atomic E-state index is 0.207. The maximum Gasteiger partial charge on any atom is 0.348 e. The molecule has 5 rings (SSSR count). The number of nitrogens with one attached hydrogen (secondary N) is 1. The van der Waals surface area contributed by atoms with Gasteiger partial charge in [0.15, 0.2) is 11.5 Å². The van der Waals surface area contributed by atoms with Gasteiger partial charge in [0.25, 0.3) is 0 Å². The summed E-state index contributed by atoms with van der Waals surface area (Å²) in [7, 11) is 5.14. The topological polar surface area (TPSA) is 99.2 Å². The smallest absolute Gasteiger partial charge is 0.348 e. The van der Waals surface area contributed by atoms with Crippen LogP contribution in [-0.4, -0.2) is 62.3 Å². The van der Waals surface area contributed by atoms with Crippen LogP contribution < -0.4 is 14.8 Å². The van der Waals surface area contributed by atoms with Gasteiger partial charge in [-0.2, -0.15) is 0 Å². The van der Waals surface area contributed by atoms with Gasteiger partial charge in [0.1, 0.15) is 23.6 Å². The molecule has 1 fully saturated rings. The summed E-state index contributed by atoms with van der Waals surface area (Å²) < 4.78 is 22.7. The van der Waals surface area contributed by atoms with Crippen molar-refractivity contribution in [1.82, 2.24) is 15.2 Å². The van der Waals surface area contributed by atoms with Gasteiger partial charge in [-0.15, -0.1) is 11.3 Å². The number of rotatable bonds is 14. The van der Waals surface area contributed by atoms with Crippen LogP contribution in [0.25, 0.3) is 0 Å². The van der Waals surface area contributed by atoms with E-state index < -0.39 is 18.1 Å². The number of ether oxygens (including phenoxy) is 4. The summed E-state index contributed by atoms with van der Waals surface area (Å²) in [6.07, 6.45) is 4.57. The van der Waals surface area contributed by atoms with Crippen molar-refractivity contribution in [1.29, 1.82) is 0 Å². The Balaban J connectivity index is 1.30. The monoisotopic (exact) mass is 697 g/mol. The van der Waals surface area contributed by atoms with Crippen LogP contribution in [0.5, 0.6) is 11.5 Å². The first-order chi connectivity index (χ1) is 22.8. The number of methoxy groups -OCH3 is 2. The summed E-state index contributed by atoms with van der Waals surface area (Å²) in [5, 5.41) is 4.07.